The van der Waals surface area contributed by atoms with Gasteiger partial charge in [0.2, 0.25) is 0 Å². The Bertz CT molecular complexity index is 603. The first kappa shape index (κ1) is 16.9. The zero-order valence-electron chi connectivity index (χ0n) is 11.6. The first-order valence-corrected chi connectivity index (χ1v) is 7.42. The molecule has 0 radical (unpaired) electrons. The van der Waals surface area contributed by atoms with Crippen LogP contribution in [-0.2, 0) is 14.5 Å². The summed E-state index contributed by atoms with van der Waals surface area (Å²) in [5, 5.41) is 2.00. The molecule has 116 valence electrons. The molecule has 9 heteroatoms. The van der Waals surface area contributed by atoms with Crippen molar-refractivity contribution in [2.75, 3.05) is 13.7 Å². The minimum Gasteiger partial charge on any atom is -0.350 e. The van der Waals surface area contributed by atoms with Crippen LogP contribution in [0, 0.1) is 0 Å². The van der Waals surface area contributed by atoms with E-state index in [9.17, 15) is 18.0 Å². The molecule has 3 N–H and O–H groups in total. The van der Waals surface area contributed by atoms with Gasteiger partial charge in [0.15, 0.2) is 0 Å². The summed E-state index contributed by atoms with van der Waals surface area (Å²) < 4.78 is 28.3. The third-order valence-corrected chi connectivity index (χ3v) is 3.88. The largest absolute Gasteiger partial charge is 0.374 e. The second-order valence-electron chi connectivity index (χ2n) is 4.21. The number of nitrogens with two attached hydrogens (primary N) is 1. The molecule has 0 aliphatic heterocycles. The number of nitrogens with one attached hydrogen (secondary N) is 1. The van der Waals surface area contributed by atoms with E-state index >= 15 is 0 Å². The van der Waals surface area contributed by atoms with Crippen molar-refractivity contribution in [1.82, 2.24) is 9.62 Å². The molecule has 0 spiro atoms. The van der Waals surface area contributed by atoms with Gasteiger partial charge in [-0.3, -0.25) is 4.18 Å². The first-order valence-electron chi connectivity index (χ1n) is 6.05. The molecule has 1 aromatic carbocycles. The first-order chi connectivity index (χ1) is 9.79. The monoisotopic (exact) mass is 315 g/mol. The van der Waals surface area contributed by atoms with Crippen molar-refractivity contribution in [1.29, 1.82) is 0 Å². The lowest BCUT2D eigenvalue weighted by Gasteiger charge is -2.19. The lowest BCUT2D eigenvalue weighted by Crippen LogP contribution is -2.49. The summed E-state index contributed by atoms with van der Waals surface area (Å²) in [7, 11) is -3.42. The molecule has 21 heavy (non-hydrogen) atoms. The smallest absolute Gasteiger partial charge is 0.350 e. The van der Waals surface area contributed by atoms with Crippen LogP contribution in [0.15, 0.2) is 30.3 Å². The molecule has 8 nitrogen and oxygen atoms in total. The van der Waals surface area contributed by atoms with Gasteiger partial charge in [0.05, 0.1) is 6.61 Å². The van der Waals surface area contributed by atoms with E-state index < -0.39 is 22.4 Å². The molecular formula is C12H17N3O5S. The molecule has 0 saturated heterocycles. The quantitative estimate of drug-likeness (QED) is 0.832. The van der Waals surface area contributed by atoms with Crippen molar-refractivity contribution in [3.8, 4) is 0 Å². The van der Waals surface area contributed by atoms with E-state index in [0.29, 0.717) is 0 Å². The summed E-state index contributed by atoms with van der Waals surface area (Å²) in [6.07, 6.45) is 0. The Morgan fingerprint density at radius 3 is 2.38 bits per heavy atom. The Hall–Kier alpha value is -2.13. The van der Waals surface area contributed by atoms with E-state index in [1.54, 1.807) is 19.1 Å². The third-order valence-electron chi connectivity index (χ3n) is 2.66. The summed E-state index contributed by atoms with van der Waals surface area (Å²) in [4.78, 5) is 22.5. The number of carbonyl (C=O) groups is 2. The fourth-order valence-electron chi connectivity index (χ4n) is 1.53. The van der Waals surface area contributed by atoms with Gasteiger partial charge < -0.3 is 11.1 Å². The molecule has 0 aliphatic carbocycles. The molecule has 0 aliphatic rings. The van der Waals surface area contributed by atoms with Crippen molar-refractivity contribution >= 4 is 22.4 Å². The topological polar surface area (TPSA) is 119 Å². The molecule has 4 amide bonds. The number of hydrogen-bond acceptors (Lipinski definition) is 5. The maximum Gasteiger partial charge on any atom is 0.374 e. The number of rotatable bonds is 5. The van der Waals surface area contributed by atoms with Gasteiger partial charge in [-0.1, -0.05) is 37.3 Å². The number of nitrogens with zero attached hydrogens (tertiary/aromatic N) is 1. The molecule has 0 aromatic heterocycles. The van der Waals surface area contributed by atoms with Crippen LogP contribution in [0.25, 0.3) is 0 Å². The second kappa shape index (κ2) is 7.04. The highest BCUT2D eigenvalue weighted by Gasteiger charge is 2.33. The highest BCUT2D eigenvalue weighted by atomic mass is 32.2. The van der Waals surface area contributed by atoms with Crippen LogP contribution in [-0.4, -0.2) is 38.4 Å². The van der Waals surface area contributed by atoms with Crippen LogP contribution in [0.2, 0.25) is 0 Å². The number of benzene rings is 1. The molecule has 1 atom stereocenters. The van der Waals surface area contributed by atoms with E-state index in [1.807, 2.05) is 23.5 Å². The second-order valence-corrected chi connectivity index (χ2v) is 5.67. The third kappa shape index (κ3) is 4.43. The molecular weight excluding hydrogens is 298 g/mol. The maximum absolute atomic E-state index is 11.9. The zero-order valence-corrected chi connectivity index (χ0v) is 12.5. The van der Waals surface area contributed by atoms with E-state index in [2.05, 4.69) is 0 Å². The molecule has 0 bridgehead atoms. The van der Waals surface area contributed by atoms with Gasteiger partial charge >= 0.3 is 22.4 Å². The average molecular weight is 315 g/mol. The zero-order chi connectivity index (χ0) is 16.0. The standard InChI is InChI=1S/C12H17N3O5S/c1-9(10-6-4-3-5-7-10)8-20-21(18,19)15(11(13)16)12(17)14-2/h3-7,9H,8H2,1-2H3,(H2,13,16)(H,14,17). The van der Waals surface area contributed by atoms with Gasteiger partial charge in [-0.05, 0) is 5.56 Å². The van der Waals surface area contributed by atoms with Crippen molar-refractivity contribution < 1.29 is 22.2 Å². The van der Waals surface area contributed by atoms with E-state index in [4.69, 9.17) is 9.92 Å². The number of imide groups is 1. The molecule has 1 rings (SSSR count). The predicted molar refractivity (Wildman–Crippen MR) is 75.6 cm³/mol. The fraction of sp³-hybridized carbons (Fsp3) is 0.333. The van der Waals surface area contributed by atoms with Crippen LogP contribution < -0.4 is 11.1 Å². The Morgan fingerprint density at radius 1 is 1.33 bits per heavy atom. The lowest BCUT2D eigenvalue weighted by molar-refractivity contribution is 0.204. The highest BCUT2D eigenvalue weighted by Crippen LogP contribution is 2.16. The minimum absolute atomic E-state index is 0.162. The van der Waals surface area contributed by atoms with Crippen LogP contribution in [0.4, 0.5) is 9.59 Å². The molecule has 0 fully saturated rings. The predicted octanol–water partition coefficient (Wildman–Crippen LogP) is 0.772. The van der Waals surface area contributed by atoms with Crippen molar-refractivity contribution in [2.45, 2.75) is 12.8 Å². The van der Waals surface area contributed by atoms with E-state index in [-0.39, 0.29) is 16.8 Å². The Morgan fingerprint density at radius 2 is 1.90 bits per heavy atom. The Labute approximate surface area is 123 Å². The van der Waals surface area contributed by atoms with Gasteiger partial charge in [0.1, 0.15) is 0 Å². The fourth-order valence-corrected chi connectivity index (χ4v) is 2.53. The molecule has 1 unspecified atom stereocenters. The van der Waals surface area contributed by atoms with Crippen molar-refractivity contribution in [2.24, 2.45) is 5.73 Å². The number of primary amides is 1. The summed E-state index contributed by atoms with van der Waals surface area (Å²) in [6.45, 7) is 1.52. The van der Waals surface area contributed by atoms with Gasteiger partial charge in [-0.15, -0.1) is 4.31 Å². The summed E-state index contributed by atoms with van der Waals surface area (Å²) >= 11 is 0. The van der Waals surface area contributed by atoms with E-state index in [1.165, 1.54) is 7.05 Å². The van der Waals surface area contributed by atoms with Gasteiger partial charge in [0, 0.05) is 13.0 Å². The number of amides is 4. The highest BCUT2D eigenvalue weighted by molar-refractivity contribution is 7.85. The Kier molecular flexibility index (Phi) is 5.68. The van der Waals surface area contributed by atoms with Crippen molar-refractivity contribution in [3.63, 3.8) is 0 Å². The number of carbonyl (C=O) groups excluding carboxylic acids is 2. The number of hydrogen-bond donors (Lipinski definition) is 2. The summed E-state index contributed by atoms with van der Waals surface area (Å²) in [5.41, 5.74) is 5.74. The maximum atomic E-state index is 11.9. The molecule has 1 aromatic rings. The van der Waals surface area contributed by atoms with Crippen LogP contribution >= 0.6 is 0 Å². The van der Waals surface area contributed by atoms with Gasteiger partial charge in [-0.2, -0.15) is 8.42 Å². The summed E-state index contributed by atoms with van der Waals surface area (Å²) in [5.74, 6) is -0.250. The van der Waals surface area contributed by atoms with E-state index in [0.717, 1.165) is 5.56 Å². The SMILES string of the molecule is CNC(=O)N(C(N)=O)S(=O)(=O)OCC(C)c1ccccc1. The summed E-state index contributed by atoms with van der Waals surface area (Å²) in [6, 6.07) is 6.43. The Balaban J connectivity index is 2.80. The lowest BCUT2D eigenvalue weighted by atomic mass is 10.0. The van der Waals surface area contributed by atoms with Crippen LogP contribution in [0.5, 0.6) is 0 Å². The van der Waals surface area contributed by atoms with Gasteiger partial charge in [0.25, 0.3) is 0 Å². The molecule has 0 heterocycles. The minimum atomic E-state index is -4.59. The van der Waals surface area contributed by atoms with Crippen LogP contribution in [0.1, 0.15) is 18.4 Å². The average Bonchev–Trinajstić information content (AvgIpc) is 2.45. The van der Waals surface area contributed by atoms with Crippen LogP contribution in [0.3, 0.4) is 0 Å². The molecule has 0 saturated carbocycles. The normalized spacial score (nSPS) is 12.5. The number of urea groups is 2. The van der Waals surface area contributed by atoms with Crippen molar-refractivity contribution in [3.05, 3.63) is 35.9 Å². The van der Waals surface area contributed by atoms with Gasteiger partial charge in [-0.25, -0.2) is 9.59 Å².